The van der Waals surface area contributed by atoms with E-state index in [1.54, 1.807) is 13.3 Å². The molecule has 42 heavy (non-hydrogen) atoms. The molecule has 0 aliphatic rings. The van der Waals surface area contributed by atoms with Gasteiger partial charge in [-0.2, -0.15) is 10.0 Å². The van der Waals surface area contributed by atoms with Gasteiger partial charge in [0.15, 0.2) is 0 Å². The molecule has 0 aliphatic heterocycles. The number of benzene rings is 2. The Morgan fingerprint density at radius 1 is 0.810 bits per heavy atom. The molecule has 0 bridgehead atoms. The van der Waals surface area contributed by atoms with Gasteiger partial charge in [0, 0.05) is 19.0 Å². The smallest absolute Gasteiger partial charge is 0.0620 e. The van der Waals surface area contributed by atoms with E-state index in [0.29, 0.717) is 11.5 Å². The lowest BCUT2D eigenvalue weighted by molar-refractivity contribution is 0.0196. The summed E-state index contributed by atoms with van der Waals surface area (Å²) in [7, 11) is 0.727. The fourth-order valence-electron chi connectivity index (χ4n) is 3.08. The van der Waals surface area contributed by atoms with Crippen molar-refractivity contribution in [1.29, 1.82) is 0 Å². The number of halogens is 1. The number of hydrogen-bond donors (Lipinski definition) is 1. The predicted molar refractivity (Wildman–Crippen MR) is 198 cm³/mol. The van der Waals surface area contributed by atoms with Crippen molar-refractivity contribution < 1.29 is 4.74 Å². The molecule has 0 saturated carbocycles. The quantitative estimate of drug-likeness (QED) is 0.222. The minimum atomic E-state index is -1.01. The SMILES string of the molecule is C=C.C=CNC(CC)CCCl.CC(C)(C)S(C)(c1ccccc1)c1ccccc1.CCC(C)(C)C.CCC(C)(C)OC. The summed E-state index contributed by atoms with van der Waals surface area (Å²) in [5.41, 5.74) is 0.625. The van der Waals surface area contributed by atoms with E-state index in [1.165, 1.54) is 16.2 Å². The molecule has 1 atom stereocenters. The highest BCUT2D eigenvalue weighted by Crippen LogP contribution is 2.67. The van der Waals surface area contributed by atoms with E-state index >= 15 is 0 Å². The van der Waals surface area contributed by atoms with Crippen molar-refractivity contribution in [3.8, 4) is 0 Å². The Morgan fingerprint density at radius 3 is 1.38 bits per heavy atom. The number of nitrogens with one attached hydrogen (secondary N) is 1. The zero-order chi connectivity index (χ0) is 33.5. The first-order valence-corrected chi connectivity index (χ1v) is 17.9. The highest BCUT2D eigenvalue weighted by Gasteiger charge is 2.35. The summed E-state index contributed by atoms with van der Waals surface area (Å²) in [6.45, 7) is 34.0. The number of alkyl halides is 1. The van der Waals surface area contributed by atoms with Gasteiger partial charge in [-0.1, -0.05) is 112 Å². The van der Waals surface area contributed by atoms with Crippen LogP contribution in [0.4, 0.5) is 0 Å². The third-order valence-corrected chi connectivity index (χ3v) is 12.5. The molecule has 0 heterocycles. The van der Waals surface area contributed by atoms with Crippen LogP contribution in [0.25, 0.3) is 0 Å². The molecular weight excluding hydrogens is 554 g/mol. The number of hydrogen-bond acceptors (Lipinski definition) is 2. The summed E-state index contributed by atoms with van der Waals surface area (Å²) in [6.07, 6.45) is 8.62. The van der Waals surface area contributed by atoms with Gasteiger partial charge in [0.1, 0.15) is 0 Å². The van der Waals surface area contributed by atoms with E-state index in [1.807, 2.05) is 0 Å². The summed E-state index contributed by atoms with van der Waals surface area (Å²) in [4.78, 5) is 2.92. The van der Waals surface area contributed by atoms with Gasteiger partial charge in [-0.25, -0.2) is 0 Å². The third kappa shape index (κ3) is 19.5. The molecular formula is C38H68ClNOS. The highest BCUT2D eigenvalue weighted by molar-refractivity contribution is 8.34. The minimum absolute atomic E-state index is 0.0833. The number of rotatable bonds is 9. The van der Waals surface area contributed by atoms with Gasteiger partial charge >= 0.3 is 0 Å². The monoisotopic (exact) mass is 621 g/mol. The van der Waals surface area contributed by atoms with E-state index in [-0.39, 0.29) is 10.3 Å². The van der Waals surface area contributed by atoms with Gasteiger partial charge < -0.3 is 10.1 Å². The van der Waals surface area contributed by atoms with Crippen molar-refractivity contribution in [2.24, 2.45) is 5.41 Å². The molecule has 2 aromatic carbocycles. The van der Waals surface area contributed by atoms with Crippen LogP contribution in [0.3, 0.4) is 0 Å². The van der Waals surface area contributed by atoms with Crippen LogP contribution < -0.4 is 5.32 Å². The lowest BCUT2D eigenvalue weighted by Crippen LogP contribution is -2.24. The van der Waals surface area contributed by atoms with Crippen LogP contribution in [-0.4, -0.2) is 35.6 Å². The van der Waals surface area contributed by atoms with Crippen LogP contribution in [0.1, 0.15) is 102 Å². The molecule has 1 N–H and O–H groups in total. The summed E-state index contributed by atoms with van der Waals surface area (Å²) >= 11 is 5.54. The average molecular weight is 622 g/mol. The van der Waals surface area contributed by atoms with E-state index in [4.69, 9.17) is 16.3 Å². The first-order valence-electron chi connectivity index (χ1n) is 15.4. The Hall–Kier alpha value is -1.68. The molecule has 2 aromatic rings. The molecule has 244 valence electrons. The fourth-order valence-corrected chi connectivity index (χ4v) is 6.43. The summed E-state index contributed by atoms with van der Waals surface area (Å²) in [6, 6.07) is 22.4. The van der Waals surface area contributed by atoms with Gasteiger partial charge in [0.2, 0.25) is 0 Å². The molecule has 0 aliphatic carbocycles. The first-order chi connectivity index (χ1) is 19.5. The maximum Gasteiger partial charge on any atom is 0.0620 e. The topological polar surface area (TPSA) is 21.3 Å². The molecule has 0 amide bonds. The standard InChI is InChI=1S/C17H22S.C7H14ClN.C6H14O.C6H14.C2H4/c1-17(2,3)18(4,15-11-7-5-8-12-15)16-13-9-6-10-14-16;1-3-7(5-6-8)9-4-2;1-5-6(2,3)7-4;1-5-6(2,3)4;1-2/h5-14H,1-4H3;4,7,9H,2-3,5-6H2,1H3;5H2,1-4H3;5H2,1-4H3;1-2H2. The van der Waals surface area contributed by atoms with Crippen LogP contribution in [0.5, 0.6) is 0 Å². The van der Waals surface area contributed by atoms with Crippen LogP contribution in [0.2, 0.25) is 0 Å². The van der Waals surface area contributed by atoms with Gasteiger partial charge in [0.25, 0.3) is 0 Å². The molecule has 0 saturated heterocycles. The maximum atomic E-state index is 5.54. The summed E-state index contributed by atoms with van der Waals surface area (Å²) < 4.78 is 5.33. The maximum absolute atomic E-state index is 5.54. The molecule has 0 spiro atoms. The van der Waals surface area contributed by atoms with Crippen LogP contribution in [-0.2, 0) is 4.74 Å². The van der Waals surface area contributed by atoms with Gasteiger partial charge in [-0.15, -0.1) is 24.8 Å². The zero-order valence-electron chi connectivity index (χ0n) is 29.8. The number of ether oxygens (including phenoxy) is 1. The second-order valence-electron chi connectivity index (χ2n) is 12.8. The lowest BCUT2D eigenvalue weighted by atomic mass is 9.94. The normalized spacial score (nSPS) is 12.2. The van der Waals surface area contributed by atoms with Crippen LogP contribution in [0, 0.1) is 5.41 Å². The molecule has 0 fully saturated rings. The van der Waals surface area contributed by atoms with E-state index in [2.05, 4.69) is 168 Å². The van der Waals surface area contributed by atoms with Crippen molar-refractivity contribution >= 4 is 21.6 Å². The highest BCUT2D eigenvalue weighted by atomic mass is 35.5. The van der Waals surface area contributed by atoms with Crippen LogP contribution in [0.15, 0.2) is 96.4 Å². The second-order valence-corrected chi connectivity index (χ2v) is 17.2. The Kier molecular flexibility index (Phi) is 25.3. The fraction of sp³-hybridized carbons (Fsp3) is 0.579. The molecule has 4 heteroatoms. The van der Waals surface area contributed by atoms with Gasteiger partial charge in [-0.3, -0.25) is 0 Å². The Morgan fingerprint density at radius 2 is 1.19 bits per heavy atom. The lowest BCUT2D eigenvalue weighted by Gasteiger charge is -2.48. The van der Waals surface area contributed by atoms with Crippen molar-refractivity contribution in [2.75, 3.05) is 19.2 Å². The summed E-state index contributed by atoms with van der Waals surface area (Å²) in [5, 5.41) is 3.11. The van der Waals surface area contributed by atoms with Gasteiger partial charge in [0.05, 0.1) is 5.60 Å². The third-order valence-electron chi connectivity index (χ3n) is 7.42. The molecule has 1 unspecified atom stereocenters. The Labute approximate surface area is 270 Å². The largest absolute Gasteiger partial charge is 0.389 e. The van der Waals surface area contributed by atoms with Gasteiger partial charge in [-0.05, 0) is 89.8 Å². The van der Waals surface area contributed by atoms with Crippen LogP contribution >= 0.6 is 21.6 Å². The predicted octanol–water partition coefficient (Wildman–Crippen LogP) is 12.5. The zero-order valence-corrected chi connectivity index (χ0v) is 31.4. The van der Waals surface area contributed by atoms with Crippen molar-refractivity contribution in [1.82, 2.24) is 5.32 Å². The van der Waals surface area contributed by atoms with Crippen molar-refractivity contribution in [3.63, 3.8) is 0 Å². The molecule has 2 rings (SSSR count). The number of methoxy groups -OCH3 is 1. The van der Waals surface area contributed by atoms with E-state index in [0.717, 1.165) is 25.1 Å². The minimum Gasteiger partial charge on any atom is -0.389 e. The average Bonchev–Trinajstić information content (AvgIpc) is 2.98. The first kappa shape index (κ1) is 44.8. The summed E-state index contributed by atoms with van der Waals surface area (Å²) in [5.74, 6) is 0.722. The van der Waals surface area contributed by atoms with E-state index in [9.17, 15) is 0 Å². The molecule has 0 aromatic heterocycles. The Bertz CT molecular complexity index is 839. The molecule has 2 nitrogen and oxygen atoms in total. The van der Waals surface area contributed by atoms with E-state index < -0.39 is 10.0 Å². The van der Waals surface area contributed by atoms with Crippen molar-refractivity contribution in [2.45, 2.75) is 128 Å². The second kappa shape index (κ2) is 23.7. The molecule has 0 radical (unpaired) electrons. The van der Waals surface area contributed by atoms with Crippen molar-refractivity contribution in [3.05, 3.63) is 86.6 Å². The Balaban J connectivity index is -0.000000534.